The van der Waals surface area contributed by atoms with Gasteiger partial charge in [-0.25, -0.2) is 4.79 Å². The van der Waals surface area contributed by atoms with Crippen molar-refractivity contribution in [2.45, 2.75) is 39.3 Å². The van der Waals surface area contributed by atoms with Gasteiger partial charge in [-0.15, -0.1) is 0 Å². The van der Waals surface area contributed by atoms with Crippen molar-refractivity contribution in [3.63, 3.8) is 0 Å². The van der Waals surface area contributed by atoms with Crippen LogP contribution >= 0.6 is 0 Å². The molecule has 1 rings (SSSR count). The van der Waals surface area contributed by atoms with Crippen molar-refractivity contribution in [3.05, 3.63) is 23.8 Å². The summed E-state index contributed by atoms with van der Waals surface area (Å²) in [7, 11) is 1.44. The Bertz CT molecular complexity index is 618. The number of hydrogen-bond donors (Lipinski definition) is 4. The monoisotopic (exact) mass is 336 g/mol. The third-order valence-corrected chi connectivity index (χ3v) is 3.47. The Morgan fingerprint density at radius 3 is 2.42 bits per heavy atom. The van der Waals surface area contributed by atoms with Crippen molar-refractivity contribution in [2.24, 2.45) is 5.73 Å². The van der Waals surface area contributed by atoms with Gasteiger partial charge in [-0.3, -0.25) is 9.59 Å². The van der Waals surface area contributed by atoms with Gasteiger partial charge in [0, 0.05) is 11.6 Å². The first kappa shape index (κ1) is 19.3. The summed E-state index contributed by atoms with van der Waals surface area (Å²) in [5.41, 5.74) is 5.73. The fourth-order valence-electron chi connectivity index (χ4n) is 1.85. The van der Waals surface area contributed by atoms with Crippen LogP contribution in [-0.2, 0) is 4.79 Å². The first-order valence-corrected chi connectivity index (χ1v) is 7.64. The molecule has 0 saturated heterocycles. The molecule has 0 aliphatic heterocycles. The van der Waals surface area contributed by atoms with Crippen molar-refractivity contribution >= 4 is 23.5 Å². The Kier molecular flexibility index (Phi) is 7.03. The molecule has 0 spiro atoms. The number of carbonyl (C=O) groups is 3. The number of methoxy groups -OCH3 is 1. The summed E-state index contributed by atoms with van der Waals surface area (Å²) < 4.78 is 5.13. The SMILES string of the molecule is CC[C@@H](C)NC(=O)[C@@H](C)NC(=O)Nc1cc(C(N)=O)ccc1OC. The van der Waals surface area contributed by atoms with Crippen molar-refractivity contribution in [2.75, 3.05) is 12.4 Å². The van der Waals surface area contributed by atoms with Crippen LogP contribution in [0.1, 0.15) is 37.6 Å². The zero-order valence-electron chi connectivity index (χ0n) is 14.3. The maximum Gasteiger partial charge on any atom is 0.319 e. The van der Waals surface area contributed by atoms with Crippen molar-refractivity contribution < 1.29 is 19.1 Å². The van der Waals surface area contributed by atoms with Crippen LogP contribution < -0.4 is 26.4 Å². The second-order valence-electron chi connectivity index (χ2n) is 5.42. The predicted molar refractivity (Wildman–Crippen MR) is 91.0 cm³/mol. The molecule has 8 nitrogen and oxygen atoms in total. The molecule has 24 heavy (non-hydrogen) atoms. The van der Waals surface area contributed by atoms with E-state index < -0.39 is 18.0 Å². The highest BCUT2D eigenvalue weighted by molar-refractivity contribution is 5.98. The number of benzene rings is 1. The van der Waals surface area contributed by atoms with E-state index in [2.05, 4.69) is 16.0 Å². The highest BCUT2D eigenvalue weighted by atomic mass is 16.5. The molecular formula is C16H24N4O4. The van der Waals surface area contributed by atoms with Gasteiger partial charge in [0.25, 0.3) is 0 Å². The highest BCUT2D eigenvalue weighted by Crippen LogP contribution is 2.25. The minimum atomic E-state index is -0.718. The van der Waals surface area contributed by atoms with E-state index >= 15 is 0 Å². The molecule has 0 aliphatic carbocycles. The number of hydrogen-bond acceptors (Lipinski definition) is 4. The van der Waals surface area contributed by atoms with E-state index in [-0.39, 0.29) is 23.2 Å². The van der Waals surface area contributed by atoms with E-state index in [1.54, 1.807) is 6.92 Å². The van der Waals surface area contributed by atoms with E-state index in [0.29, 0.717) is 5.75 Å². The number of carbonyl (C=O) groups excluding carboxylic acids is 3. The fourth-order valence-corrected chi connectivity index (χ4v) is 1.85. The normalized spacial score (nSPS) is 12.7. The molecular weight excluding hydrogens is 312 g/mol. The topological polar surface area (TPSA) is 123 Å². The molecule has 0 unspecified atom stereocenters. The molecule has 132 valence electrons. The Morgan fingerprint density at radius 1 is 1.21 bits per heavy atom. The maximum atomic E-state index is 12.1. The lowest BCUT2D eigenvalue weighted by Gasteiger charge is -2.18. The average molecular weight is 336 g/mol. The van der Waals surface area contributed by atoms with E-state index in [1.807, 2.05) is 13.8 Å². The van der Waals surface area contributed by atoms with Gasteiger partial charge in [0.15, 0.2) is 0 Å². The standard InChI is InChI=1S/C16H24N4O4/c1-5-9(2)18-15(22)10(3)19-16(23)20-12-8-11(14(17)21)6-7-13(12)24-4/h6-10H,5H2,1-4H3,(H2,17,21)(H,18,22)(H2,19,20,23)/t9-,10-/m1/s1. The number of nitrogens with two attached hydrogens (primary N) is 1. The van der Waals surface area contributed by atoms with Crippen LogP contribution in [0.25, 0.3) is 0 Å². The predicted octanol–water partition coefficient (Wildman–Crippen LogP) is 1.22. The summed E-state index contributed by atoms with van der Waals surface area (Å²) in [5, 5.41) is 7.85. The molecule has 1 aromatic carbocycles. The van der Waals surface area contributed by atoms with Crippen LogP contribution in [0, 0.1) is 0 Å². The minimum absolute atomic E-state index is 0.0251. The van der Waals surface area contributed by atoms with Crippen LogP contribution in [-0.4, -0.2) is 37.0 Å². The number of anilines is 1. The van der Waals surface area contributed by atoms with Gasteiger partial charge in [0.05, 0.1) is 12.8 Å². The Morgan fingerprint density at radius 2 is 1.88 bits per heavy atom. The molecule has 0 saturated carbocycles. The molecule has 0 heterocycles. The maximum absolute atomic E-state index is 12.1. The summed E-state index contributed by atoms with van der Waals surface area (Å²) in [4.78, 5) is 35.2. The van der Waals surface area contributed by atoms with E-state index in [1.165, 1.54) is 25.3 Å². The minimum Gasteiger partial charge on any atom is -0.495 e. The van der Waals surface area contributed by atoms with Crippen LogP contribution in [0.15, 0.2) is 18.2 Å². The number of ether oxygens (including phenoxy) is 1. The third kappa shape index (κ3) is 5.45. The Hall–Kier alpha value is -2.77. The lowest BCUT2D eigenvalue weighted by atomic mass is 10.2. The fraction of sp³-hybridized carbons (Fsp3) is 0.438. The summed E-state index contributed by atoms with van der Waals surface area (Å²) in [5.74, 6) is -0.536. The van der Waals surface area contributed by atoms with Crippen LogP contribution in [0.5, 0.6) is 5.75 Å². The van der Waals surface area contributed by atoms with E-state index in [0.717, 1.165) is 6.42 Å². The third-order valence-electron chi connectivity index (χ3n) is 3.47. The number of nitrogens with one attached hydrogen (secondary N) is 3. The van der Waals surface area contributed by atoms with Gasteiger partial charge in [-0.2, -0.15) is 0 Å². The second kappa shape index (κ2) is 8.76. The molecule has 0 bridgehead atoms. The zero-order chi connectivity index (χ0) is 18.3. The Balaban J connectivity index is 2.75. The van der Waals surface area contributed by atoms with Crippen LogP contribution in [0.2, 0.25) is 0 Å². The summed E-state index contributed by atoms with van der Waals surface area (Å²) in [6, 6.07) is 3.13. The molecule has 0 fully saturated rings. The first-order chi connectivity index (χ1) is 11.3. The zero-order valence-corrected chi connectivity index (χ0v) is 14.3. The van der Waals surface area contributed by atoms with Crippen molar-refractivity contribution in [1.29, 1.82) is 0 Å². The lowest BCUT2D eigenvalue weighted by Crippen LogP contribution is -2.48. The van der Waals surface area contributed by atoms with E-state index in [9.17, 15) is 14.4 Å². The van der Waals surface area contributed by atoms with Gasteiger partial charge in [0.1, 0.15) is 11.8 Å². The largest absolute Gasteiger partial charge is 0.495 e. The van der Waals surface area contributed by atoms with Crippen molar-refractivity contribution in [1.82, 2.24) is 10.6 Å². The average Bonchev–Trinajstić information content (AvgIpc) is 2.54. The van der Waals surface area contributed by atoms with Gasteiger partial charge >= 0.3 is 6.03 Å². The van der Waals surface area contributed by atoms with Crippen LogP contribution in [0.3, 0.4) is 0 Å². The molecule has 0 radical (unpaired) electrons. The Labute approximate surface area is 141 Å². The number of urea groups is 1. The van der Waals surface area contributed by atoms with Gasteiger partial charge in [0.2, 0.25) is 11.8 Å². The molecule has 4 amide bonds. The van der Waals surface area contributed by atoms with Crippen LogP contribution in [0.4, 0.5) is 10.5 Å². The van der Waals surface area contributed by atoms with Gasteiger partial charge < -0.3 is 26.4 Å². The quantitative estimate of drug-likeness (QED) is 0.598. The smallest absolute Gasteiger partial charge is 0.319 e. The van der Waals surface area contributed by atoms with Crippen molar-refractivity contribution in [3.8, 4) is 5.75 Å². The van der Waals surface area contributed by atoms with Gasteiger partial charge in [-0.1, -0.05) is 6.92 Å². The number of primary amides is 1. The molecule has 0 aliphatic rings. The molecule has 0 aromatic heterocycles. The molecule has 1 aromatic rings. The molecule has 8 heteroatoms. The summed E-state index contributed by atoms with van der Waals surface area (Å²) in [6.07, 6.45) is 0.793. The lowest BCUT2D eigenvalue weighted by molar-refractivity contribution is -0.123. The first-order valence-electron chi connectivity index (χ1n) is 7.64. The summed E-state index contributed by atoms with van der Waals surface area (Å²) in [6.45, 7) is 5.41. The molecule has 5 N–H and O–H groups in total. The number of rotatable bonds is 7. The number of amides is 4. The van der Waals surface area contributed by atoms with E-state index in [4.69, 9.17) is 10.5 Å². The van der Waals surface area contributed by atoms with Gasteiger partial charge in [-0.05, 0) is 38.5 Å². The molecule has 2 atom stereocenters. The summed E-state index contributed by atoms with van der Waals surface area (Å²) >= 11 is 0. The highest BCUT2D eigenvalue weighted by Gasteiger charge is 2.18. The second-order valence-corrected chi connectivity index (χ2v) is 5.42.